The number of rotatable bonds is 5. The van der Waals surface area contributed by atoms with Crippen LogP contribution >= 0.6 is 0 Å². The molecule has 0 aromatic heterocycles. The first-order valence-electron chi connectivity index (χ1n) is 7.60. The van der Waals surface area contributed by atoms with E-state index >= 15 is 0 Å². The van der Waals surface area contributed by atoms with E-state index in [1.54, 1.807) is 32.4 Å². The Kier molecular flexibility index (Phi) is 5.89. The van der Waals surface area contributed by atoms with Crippen LogP contribution in [0.3, 0.4) is 0 Å². The number of hydrogen-bond acceptors (Lipinski definition) is 4. The van der Waals surface area contributed by atoms with Crippen LogP contribution in [0.25, 0.3) is 0 Å². The molecular weight excluding hydrogens is 282 g/mol. The SMILES string of the molecule is COc1cc(OC)cc(C(O)CN=C(N)N2CCCCC2)c1. The highest BCUT2D eigenvalue weighted by Gasteiger charge is 2.14. The molecule has 0 amide bonds. The van der Waals surface area contributed by atoms with Crippen molar-refractivity contribution in [2.45, 2.75) is 25.4 Å². The fourth-order valence-corrected chi connectivity index (χ4v) is 2.53. The summed E-state index contributed by atoms with van der Waals surface area (Å²) in [6.45, 7) is 2.11. The molecule has 1 fully saturated rings. The van der Waals surface area contributed by atoms with E-state index in [-0.39, 0.29) is 6.54 Å². The predicted molar refractivity (Wildman–Crippen MR) is 86.4 cm³/mol. The third-order valence-electron chi connectivity index (χ3n) is 3.86. The van der Waals surface area contributed by atoms with Gasteiger partial charge in [0, 0.05) is 19.2 Å². The largest absolute Gasteiger partial charge is 0.497 e. The van der Waals surface area contributed by atoms with Crippen molar-refractivity contribution < 1.29 is 14.6 Å². The van der Waals surface area contributed by atoms with Crippen molar-refractivity contribution in [3.63, 3.8) is 0 Å². The van der Waals surface area contributed by atoms with Crippen LogP contribution in [0.5, 0.6) is 11.5 Å². The first-order valence-corrected chi connectivity index (χ1v) is 7.60. The van der Waals surface area contributed by atoms with Gasteiger partial charge in [0.1, 0.15) is 11.5 Å². The highest BCUT2D eigenvalue weighted by Crippen LogP contribution is 2.26. The minimum atomic E-state index is -0.743. The zero-order valence-electron chi connectivity index (χ0n) is 13.3. The summed E-state index contributed by atoms with van der Waals surface area (Å²) in [5.74, 6) is 1.79. The van der Waals surface area contributed by atoms with Gasteiger partial charge in [0.15, 0.2) is 5.96 Å². The number of piperidine rings is 1. The molecule has 3 N–H and O–H groups in total. The van der Waals surface area contributed by atoms with Crippen molar-refractivity contribution in [2.24, 2.45) is 10.7 Å². The number of methoxy groups -OCH3 is 2. The van der Waals surface area contributed by atoms with Gasteiger partial charge in [-0.2, -0.15) is 0 Å². The second kappa shape index (κ2) is 7.89. The van der Waals surface area contributed by atoms with Crippen molar-refractivity contribution in [2.75, 3.05) is 33.9 Å². The summed E-state index contributed by atoms with van der Waals surface area (Å²) in [5.41, 5.74) is 6.70. The fourth-order valence-electron chi connectivity index (χ4n) is 2.53. The fraction of sp³-hybridized carbons (Fsp3) is 0.562. The van der Waals surface area contributed by atoms with E-state index in [1.165, 1.54) is 6.42 Å². The van der Waals surface area contributed by atoms with Gasteiger partial charge in [-0.05, 0) is 37.0 Å². The molecule has 1 heterocycles. The van der Waals surface area contributed by atoms with E-state index in [0.29, 0.717) is 23.0 Å². The average molecular weight is 307 g/mol. The molecule has 0 aliphatic carbocycles. The zero-order chi connectivity index (χ0) is 15.9. The molecule has 22 heavy (non-hydrogen) atoms. The second-order valence-corrected chi connectivity index (χ2v) is 5.41. The number of likely N-dealkylation sites (tertiary alicyclic amines) is 1. The van der Waals surface area contributed by atoms with Gasteiger partial charge < -0.3 is 25.2 Å². The molecule has 1 unspecified atom stereocenters. The van der Waals surface area contributed by atoms with Gasteiger partial charge in [-0.3, -0.25) is 4.99 Å². The first-order chi connectivity index (χ1) is 10.6. The number of guanidine groups is 1. The molecule has 0 bridgehead atoms. The number of aliphatic imine (C=N–C) groups is 1. The molecular formula is C16H25N3O3. The minimum absolute atomic E-state index is 0.221. The highest BCUT2D eigenvalue weighted by molar-refractivity contribution is 5.78. The van der Waals surface area contributed by atoms with E-state index in [9.17, 15) is 5.11 Å². The van der Waals surface area contributed by atoms with Gasteiger partial charge in [-0.1, -0.05) is 0 Å². The second-order valence-electron chi connectivity index (χ2n) is 5.41. The molecule has 1 aromatic carbocycles. The van der Waals surface area contributed by atoms with E-state index in [2.05, 4.69) is 9.89 Å². The van der Waals surface area contributed by atoms with Crippen LogP contribution < -0.4 is 15.2 Å². The summed E-state index contributed by atoms with van der Waals surface area (Å²) in [5, 5.41) is 10.3. The third-order valence-corrected chi connectivity index (χ3v) is 3.86. The Hall–Kier alpha value is -1.95. The van der Waals surface area contributed by atoms with E-state index in [4.69, 9.17) is 15.2 Å². The van der Waals surface area contributed by atoms with Crippen LogP contribution in [0.1, 0.15) is 30.9 Å². The van der Waals surface area contributed by atoms with E-state index in [0.717, 1.165) is 25.9 Å². The molecule has 0 radical (unpaired) electrons. The van der Waals surface area contributed by atoms with Crippen LogP contribution in [-0.2, 0) is 0 Å². The molecule has 6 heteroatoms. The topological polar surface area (TPSA) is 80.3 Å². The summed E-state index contributed by atoms with van der Waals surface area (Å²) < 4.78 is 10.4. The van der Waals surface area contributed by atoms with Crippen LogP contribution in [0.2, 0.25) is 0 Å². The molecule has 1 atom stereocenters. The Balaban J connectivity index is 2.03. The number of ether oxygens (including phenoxy) is 2. The Bertz CT molecular complexity index is 491. The molecule has 6 nitrogen and oxygen atoms in total. The minimum Gasteiger partial charge on any atom is -0.497 e. The Morgan fingerprint density at radius 3 is 2.32 bits per heavy atom. The van der Waals surface area contributed by atoms with Gasteiger partial charge in [0.2, 0.25) is 0 Å². The van der Waals surface area contributed by atoms with Gasteiger partial charge in [0.05, 0.1) is 26.9 Å². The molecule has 1 aromatic rings. The maximum atomic E-state index is 10.3. The number of aliphatic hydroxyl groups excluding tert-OH is 1. The predicted octanol–water partition coefficient (Wildman–Crippen LogP) is 1.54. The van der Waals surface area contributed by atoms with E-state index < -0.39 is 6.10 Å². The lowest BCUT2D eigenvalue weighted by Crippen LogP contribution is -2.41. The van der Waals surface area contributed by atoms with Crippen molar-refractivity contribution in [1.29, 1.82) is 0 Å². The Morgan fingerprint density at radius 1 is 1.18 bits per heavy atom. The molecule has 2 rings (SSSR count). The summed E-state index contributed by atoms with van der Waals surface area (Å²) >= 11 is 0. The number of nitrogens with zero attached hydrogens (tertiary/aromatic N) is 2. The first kappa shape index (κ1) is 16.4. The lowest BCUT2D eigenvalue weighted by molar-refractivity contribution is 0.185. The van der Waals surface area contributed by atoms with Crippen molar-refractivity contribution >= 4 is 5.96 Å². The molecule has 0 spiro atoms. The Morgan fingerprint density at radius 2 is 1.77 bits per heavy atom. The van der Waals surface area contributed by atoms with Crippen LogP contribution in [0.15, 0.2) is 23.2 Å². The van der Waals surface area contributed by atoms with E-state index in [1.807, 2.05) is 0 Å². The maximum absolute atomic E-state index is 10.3. The third kappa shape index (κ3) is 4.27. The number of hydrogen-bond donors (Lipinski definition) is 2. The van der Waals surface area contributed by atoms with Gasteiger partial charge in [-0.25, -0.2) is 0 Å². The molecule has 1 aliphatic heterocycles. The maximum Gasteiger partial charge on any atom is 0.191 e. The van der Waals surface area contributed by atoms with Crippen molar-refractivity contribution in [1.82, 2.24) is 4.90 Å². The normalized spacial score (nSPS) is 17.2. The molecule has 0 saturated carbocycles. The average Bonchev–Trinajstić information content (AvgIpc) is 2.59. The standard InChI is InChI=1S/C16H25N3O3/c1-21-13-8-12(9-14(10-13)22-2)15(20)11-18-16(17)19-6-4-3-5-7-19/h8-10,15,20H,3-7,11H2,1-2H3,(H2,17,18). The van der Waals surface area contributed by atoms with Crippen LogP contribution in [0, 0.1) is 0 Å². The van der Waals surface area contributed by atoms with Gasteiger partial charge in [-0.15, -0.1) is 0 Å². The zero-order valence-corrected chi connectivity index (χ0v) is 13.3. The molecule has 1 aliphatic rings. The summed E-state index contributed by atoms with van der Waals surface area (Å²) in [6, 6.07) is 5.32. The summed E-state index contributed by atoms with van der Waals surface area (Å²) in [4.78, 5) is 6.40. The van der Waals surface area contributed by atoms with Crippen molar-refractivity contribution in [3.05, 3.63) is 23.8 Å². The molecule has 122 valence electrons. The van der Waals surface area contributed by atoms with Gasteiger partial charge in [0.25, 0.3) is 0 Å². The van der Waals surface area contributed by atoms with Crippen LogP contribution in [0.4, 0.5) is 0 Å². The summed E-state index contributed by atoms with van der Waals surface area (Å²) in [7, 11) is 3.16. The lowest BCUT2D eigenvalue weighted by Gasteiger charge is -2.27. The highest BCUT2D eigenvalue weighted by atomic mass is 16.5. The Labute approximate surface area is 131 Å². The van der Waals surface area contributed by atoms with Crippen LogP contribution in [-0.4, -0.2) is 49.8 Å². The smallest absolute Gasteiger partial charge is 0.191 e. The van der Waals surface area contributed by atoms with Crippen molar-refractivity contribution in [3.8, 4) is 11.5 Å². The van der Waals surface area contributed by atoms with Gasteiger partial charge >= 0.3 is 0 Å². The number of aliphatic hydroxyl groups is 1. The lowest BCUT2D eigenvalue weighted by atomic mass is 10.1. The summed E-state index contributed by atoms with van der Waals surface area (Å²) in [6.07, 6.45) is 2.79. The quantitative estimate of drug-likeness (QED) is 0.637. The number of nitrogens with two attached hydrogens (primary N) is 1. The number of benzene rings is 1. The monoisotopic (exact) mass is 307 g/mol. The molecule has 1 saturated heterocycles.